The van der Waals surface area contributed by atoms with Crippen molar-refractivity contribution < 1.29 is 17.3 Å². The van der Waals surface area contributed by atoms with Gasteiger partial charge in [0.1, 0.15) is 11.3 Å². The number of benzene rings is 1. The van der Waals surface area contributed by atoms with Crippen LogP contribution in [0.1, 0.15) is 9.81 Å². The van der Waals surface area contributed by atoms with Gasteiger partial charge in [0.05, 0.1) is 17.4 Å². The maximum atomic E-state index is 13.4. The van der Waals surface area contributed by atoms with Gasteiger partial charge in [0.15, 0.2) is 5.52 Å². The van der Waals surface area contributed by atoms with Crippen LogP contribution in [0, 0.1) is 0 Å². The van der Waals surface area contributed by atoms with Gasteiger partial charge in [-0.15, -0.1) is 0 Å². The number of pyridine rings is 2. The van der Waals surface area contributed by atoms with E-state index in [1.54, 1.807) is 12.1 Å². The van der Waals surface area contributed by atoms with Gasteiger partial charge in [0, 0.05) is 33.4 Å². The molecule has 1 aromatic carbocycles. The molecule has 28 heavy (non-hydrogen) atoms. The molecule has 0 spiro atoms. The minimum absolute atomic E-state index is 0.0907. The van der Waals surface area contributed by atoms with Crippen molar-refractivity contribution in [3.05, 3.63) is 58.8 Å². The van der Waals surface area contributed by atoms with Crippen molar-refractivity contribution in [1.29, 1.82) is 0 Å². The van der Waals surface area contributed by atoms with Crippen LogP contribution in [0.2, 0.25) is 0 Å². The molecule has 5 rings (SSSR count). The van der Waals surface area contributed by atoms with Gasteiger partial charge in [-0.2, -0.15) is 23.4 Å². The molecule has 1 N–H and O–H groups in total. The van der Waals surface area contributed by atoms with Crippen LogP contribution in [0.3, 0.4) is 0 Å². The molecule has 0 saturated carbocycles. The Bertz CT molecular complexity index is 1550. The average Bonchev–Trinajstić information content (AvgIpc) is 3.34. The average molecular weight is 387 g/mol. The first-order valence-corrected chi connectivity index (χ1v) is 8.01. The third-order valence-electron chi connectivity index (χ3n) is 4.49. The molecular weight excluding hydrogens is 373 g/mol. The summed E-state index contributed by atoms with van der Waals surface area (Å²) in [6.45, 7) is -2.67. The third-order valence-corrected chi connectivity index (χ3v) is 4.49. The van der Waals surface area contributed by atoms with E-state index in [4.69, 9.17) is 4.11 Å². The zero-order valence-corrected chi connectivity index (χ0v) is 13.8. The van der Waals surface area contributed by atoms with E-state index in [0.717, 1.165) is 22.9 Å². The number of hydrogen-bond donors (Lipinski definition) is 1. The van der Waals surface area contributed by atoms with Crippen LogP contribution in [0.4, 0.5) is 13.2 Å². The lowest BCUT2D eigenvalue weighted by atomic mass is 10.1. The van der Waals surface area contributed by atoms with E-state index in [1.807, 2.05) is 0 Å². The van der Waals surface area contributed by atoms with Crippen LogP contribution in [0.5, 0.6) is 0 Å². The number of nitrogens with one attached hydrogen (secondary N) is 1. The van der Waals surface area contributed by atoms with Gasteiger partial charge < -0.3 is 0 Å². The van der Waals surface area contributed by atoms with Gasteiger partial charge in [-0.1, -0.05) is 6.07 Å². The Hall–Kier alpha value is -3.69. The Morgan fingerprint density at radius 2 is 2.00 bits per heavy atom. The molecule has 0 radical (unpaired) electrons. The molecule has 0 unspecified atom stereocenters. The molecule has 0 saturated heterocycles. The maximum Gasteiger partial charge on any atom is 0.433 e. The van der Waals surface area contributed by atoms with Crippen LogP contribution in [-0.2, 0) is 13.2 Å². The number of aryl methyl sites for hydroxylation is 1. The van der Waals surface area contributed by atoms with Crippen LogP contribution in [-0.4, -0.2) is 29.5 Å². The van der Waals surface area contributed by atoms with Crippen molar-refractivity contribution in [2.24, 2.45) is 6.98 Å². The van der Waals surface area contributed by atoms with E-state index in [9.17, 15) is 18.0 Å². The van der Waals surface area contributed by atoms with Gasteiger partial charge in [-0.3, -0.25) is 19.1 Å². The number of halogens is 3. The fourth-order valence-electron chi connectivity index (χ4n) is 3.29. The quantitative estimate of drug-likeness (QED) is 0.479. The molecule has 0 aliphatic rings. The maximum absolute atomic E-state index is 13.4. The Morgan fingerprint density at radius 1 is 1.14 bits per heavy atom. The largest absolute Gasteiger partial charge is 0.433 e. The molecule has 4 heterocycles. The van der Waals surface area contributed by atoms with Gasteiger partial charge in [0.2, 0.25) is 0 Å². The van der Waals surface area contributed by atoms with Crippen molar-refractivity contribution in [2.75, 3.05) is 0 Å². The molecule has 10 heteroatoms. The van der Waals surface area contributed by atoms with E-state index in [1.165, 1.54) is 12.3 Å². The number of aromatic nitrogens is 6. The first-order chi connectivity index (χ1) is 14.6. The van der Waals surface area contributed by atoms with Crippen LogP contribution in [0.25, 0.3) is 38.5 Å². The Labute approximate surface area is 158 Å². The number of H-pyrrole nitrogens is 1. The summed E-state index contributed by atoms with van der Waals surface area (Å²) < 4.78 is 64.4. The molecule has 0 bridgehead atoms. The number of nitrogens with zero attached hydrogens (tertiary/aromatic N) is 5. The highest BCUT2D eigenvalue weighted by atomic mass is 19.4. The lowest BCUT2D eigenvalue weighted by Gasteiger charge is -2.13. The molecule has 0 amide bonds. The third kappa shape index (κ3) is 2.24. The lowest BCUT2D eigenvalue weighted by Crippen LogP contribution is -2.21. The van der Waals surface area contributed by atoms with Gasteiger partial charge >= 0.3 is 6.18 Å². The van der Waals surface area contributed by atoms with E-state index in [2.05, 4.69) is 20.3 Å². The summed E-state index contributed by atoms with van der Waals surface area (Å²) in [5.74, 6) is 0. The zero-order chi connectivity index (χ0) is 22.1. The first kappa shape index (κ1) is 13.5. The fraction of sp³-hybridized carbons (Fsp3) is 0.111. The van der Waals surface area contributed by atoms with Gasteiger partial charge in [0.25, 0.3) is 5.56 Å². The van der Waals surface area contributed by atoms with Crippen LogP contribution >= 0.6 is 0 Å². The predicted octanol–water partition coefficient (Wildman–Crippen LogP) is 3.17. The number of hydrogen-bond acceptors (Lipinski definition) is 4. The molecule has 0 atom stereocenters. The second kappa shape index (κ2) is 5.41. The number of aromatic amines is 1. The highest BCUT2D eigenvalue weighted by Crippen LogP contribution is 2.32. The SMILES string of the molecule is [2H]C([2H])([2H])n1cc2c(n1)c(=O)n(-c1cccc3[nH]ncc13)c1nc(C(F)(F)F)ccc21. The van der Waals surface area contributed by atoms with Crippen LogP contribution in [0.15, 0.2) is 47.5 Å². The zero-order valence-electron chi connectivity index (χ0n) is 16.8. The Balaban J connectivity index is 1.99. The van der Waals surface area contributed by atoms with Crippen LogP contribution < -0.4 is 5.56 Å². The molecule has 0 fully saturated rings. The molecule has 0 aliphatic carbocycles. The summed E-state index contributed by atoms with van der Waals surface area (Å²) in [5.41, 5.74) is -1.67. The van der Waals surface area contributed by atoms with Crippen molar-refractivity contribution in [3.8, 4) is 5.69 Å². The highest BCUT2D eigenvalue weighted by Gasteiger charge is 2.33. The summed E-state index contributed by atoms with van der Waals surface area (Å²) in [5, 5.41) is 11.3. The van der Waals surface area contributed by atoms with Crippen molar-refractivity contribution in [3.63, 3.8) is 0 Å². The van der Waals surface area contributed by atoms with Crippen molar-refractivity contribution >= 4 is 32.8 Å². The topological polar surface area (TPSA) is 81.4 Å². The summed E-state index contributed by atoms with van der Waals surface area (Å²) in [6.07, 6.45) is -2.19. The molecule has 140 valence electrons. The second-order valence-electron chi connectivity index (χ2n) is 6.15. The monoisotopic (exact) mass is 387 g/mol. The summed E-state index contributed by atoms with van der Waals surface area (Å²) >= 11 is 0. The normalized spacial score (nSPS) is 14.5. The van der Waals surface area contributed by atoms with Crippen molar-refractivity contribution in [1.82, 2.24) is 29.5 Å². The van der Waals surface area contributed by atoms with E-state index in [-0.39, 0.29) is 27.6 Å². The smallest absolute Gasteiger partial charge is 0.278 e. The fourth-order valence-corrected chi connectivity index (χ4v) is 3.29. The first-order valence-electron chi connectivity index (χ1n) is 9.51. The van der Waals surface area contributed by atoms with Gasteiger partial charge in [-0.05, 0) is 24.3 Å². The van der Waals surface area contributed by atoms with E-state index < -0.39 is 24.4 Å². The summed E-state index contributed by atoms with van der Waals surface area (Å²) in [6, 6.07) is 6.77. The van der Waals surface area contributed by atoms with Gasteiger partial charge in [-0.25, -0.2) is 4.98 Å². The Morgan fingerprint density at radius 3 is 2.79 bits per heavy atom. The molecule has 5 aromatic rings. The summed E-state index contributed by atoms with van der Waals surface area (Å²) in [4.78, 5) is 17.1. The van der Waals surface area contributed by atoms with E-state index >= 15 is 0 Å². The molecule has 4 aromatic heterocycles. The molecular formula is C18H11F3N6O. The minimum atomic E-state index is -4.74. The minimum Gasteiger partial charge on any atom is -0.278 e. The standard InChI is InChI=1S/C18H11F3N6O/c1-26-8-11-9-5-6-14(18(19,20)21)23-16(9)27(17(28)15(11)25-26)13-4-2-3-12-10(13)7-22-24-12/h2-8H,1H3,(H,22,24)/i1D3. The Kier molecular flexibility index (Phi) is 2.60. The second-order valence-corrected chi connectivity index (χ2v) is 6.15. The van der Waals surface area contributed by atoms with E-state index in [0.29, 0.717) is 15.6 Å². The number of alkyl halides is 3. The molecule has 7 nitrogen and oxygen atoms in total. The number of rotatable bonds is 1. The number of fused-ring (bicyclic) bond motifs is 4. The highest BCUT2D eigenvalue weighted by molar-refractivity contribution is 6.04. The lowest BCUT2D eigenvalue weighted by molar-refractivity contribution is -0.141. The summed E-state index contributed by atoms with van der Waals surface area (Å²) in [7, 11) is 0. The predicted molar refractivity (Wildman–Crippen MR) is 96.3 cm³/mol. The molecule has 0 aliphatic heterocycles. The van der Waals surface area contributed by atoms with Crippen molar-refractivity contribution in [2.45, 2.75) is 6.18 Å².